The molecule has 0 radical (unpaired) electrons. The van der Waals surface area contributed by atoms with Crippen LogP contribution in [-0.2, 0) is 9.53 Å². The Morgan fingerprint density at radius 2 is 1.82 bits per heavy atom. The molecule has 8 heteroatoms. The molecule has 2 aliphatic heterocycles. The summed E-state index contributed by atoms with van der Waals surface area (Å²) in [6.07, 6.45) is -2.11. The van der Waals surface area contributed by atoms with Gasteiger partial charge in [0.15, 0.2) is 0 Å². The van der Waals surface area contributed by atoms with E-state index < -0.39 is 17.7 Å². The van der Waals surface area contributed by atoms with E-state index in [9.17, 15) is 14.0 Å². The number of halogens is 1. The molecule has 1 saturated heterocycles. The Hall–Kier alpha value is -1.99. The van der Waals surface area contributed by atoms with E-state index in [0.717, 1.165) is 0 Å². The molecule has 0 saturated carbocycles. The maximum absolute atomic E-state index is 13.4. The number of amides is 2. The summed E-state index contributed by atoms with van der Waals surface area (Å²) in [5.41, 5.74) is -0.421. The van der Waals surface area contributed by atoms with Gasteiger partial charge in [0.25, 0.3) is 5.91 Å². The minimum Gasteiger partial charge on any atom is -0.444 e. The Kier molecular flexibility index (Phi) is 4.48. The van der Waals surface area contributed by atoms with Crippen molar-refractivity contribution >= 4 is 23.7 Å². The lowest BCUT2D eigenvalue weighted by Crippen LogP contribution is -2.52. The molecule has 0 spiro atoms. The van der Waals surface area contributed by atoms with Gasteiger partial charge >= 0.3 is 6.09 Å². The van der Waals surface area contributed by atoms with E-state index in [1.807, 2.05) is 20.8 Å². The SMILES string of the molecule is CC1=NC(N2CCN(C(=O)OC(C)(C)C)CC2)=NC(=O)C1F. The number of carbonyl (C=O) groups excluding carboxylic acids is 2. The number of piperazine rings is 1. The molecular weight excluding hydrogens is 291 g/mol. The van der Waals surface area contributed by atoms with Crippen LogP contribution in [0.3, 0.4) is 0 Å². The summed E-state index contributed by atoms with van der Waals surface area (Å²) in [6.45, 7) is 8.73. The van der Waals surface area contributed by atoms with E-state index in [1.165, 1.54) is 6.92 Å². The van der Waals surface area contributed by atoms with Gasteiger partial charge in [-0.3, -0.25) is 4.79 Å². The van der Waals surface area contributed by atoms with E-state index in [1.54, 1.807) is 9.80 Å². The number of aliphatic imine (C=N–C) groups is 2. The molecule has 1 atom stereocenters. The van der Waals surface area contributed by atoms with Crippen LogP contribution in [-0.4, -0.2) is 71.4 Å². The van der Waals surface area contributed by atoms with Crippen LogP contribution in [0.4, 0.5) is 9.18 Å². The molecule has 1 unspecified atom stereocenters. The Bertz CT molecular complexity index is 531. The Morgan fingerprint density at radius 1 is 1.23 bits per heavy atom. The number of nitrogens with zero attached hydrogens (tertiary/aromatic N) is 4. The second-order valence-electron chi connectivity index (χ2n) is 6.32. The second kappa shape index (κ2) is 6.02. The molecule has 0 aromatic rings. The second-order valence-corrected chi connectivity index (χ2v) is 6.32. The normalized spacial score (nSPS) is 23.1. The minimum absolute atomic E-state index is 0.115. The molecule has 22 heavy (non-hydrogen) atoms. The van der Waals surface area contributed by atoms with Crippen molar-refractivity contribution in [1.82, 2.24) is 9.80 Å². The van der Waals surface area contributed by atoms with E-state index in [-0.39, 0.29) is 17.8 Å². The third kappa shape index (κ3) is 3.80. The summed E-state index contributed by atoms with van der Waals surface area (Å²) in [5.74, 6) is -0.600. The fraction of sp³-hybridized carbons (Fsp3) is 0.714. The van der Waals surface area contributed by atoms with Gasteiger partial charge in [-0.05, 0) is 27.7 Å². The molecule has 2 aliphatic rings. The van der Waals surface area contributed by atoms with Crippen molar-refractivity contribution < 1.29 is 18.7 Å². The van der Waals surface area contributed by atoms with Gasteiger partial charge in [-0.2, -0.15) is 4.99 Å². The van der Waals surface area contributed by atoms with Crippen molar-refractivity contribution in [3.05, 3.63) is 0 Å². The Balaban J connectivity index is 1.94. The zero-order valence-electron chi connectivity index (χ0n) is 13.3. The first-order chi connectivity index (χ1) is 10.2. The van der Waals surface area contributed by atoms with Crippen LogP contribution in [0.1, 0.15) is 27.7 Å². The smallest absolute Gasteiger partial charge is 0.410 e. The summed E-state index contributed by atoms with van der Waals surface area (Å²) in [6, 6.07) is 0. The summed E-state index contributed by atoms with van der Waals surface area (Å²) in [7, 11) is 0. The highest BCUT2D eigenvalue weighted by atomic mass is 19.1. The van der Waals surface area contributed by atoms with Crippen molar-refractivity contribution in [3.63, 3.8) is 0 Å². The lowest BCUT2D eigenvalue weighted by Gasteiger charge is -2.36. The van der Waals surface area contributed by atoms with Crippen LogP contribution in [0, 0.1) is 0 Å². The maximum atomic E-state index is 13.4. The molecule has 0 aromatic carbocycles. The molecule has 2 amide bonds. The minimum atomic E-state index is -1.74. The standard InChI is InChI=1S/C14H21FN4O3/c1-9-10(15)11(20)17-12(16-9)18-5-7-19(8-6-18)13(21)22-14(2,3)4/h10H,5-8H2,1-4H3. The van der Waals surface area contributed by atoms with Crippen LogP contribution in [0.5, 0.6) is 0 Å². The van der Waals surface area contributed by atoms with Gasteiger partial charge in [0.2, 0.25) is 12.1 Å². The monoisotopic (exact) mass is 312 g/mol. The number of carbonyl (C=O) groups is 2. The van der Waals surface area contributed by atoms with Gasteiger partial charge in [0, 0.05) is 26.2 Å². The number of rotatable bonds is 0. The largest absolute Gasteiger partial charge is 0.444 e. The van der Waals surface area contributed by atoms with Crippen LogP contribution in [0.25, 0.3) is 0 Å². The van der Waals surface area contributed by atoms with Gasteiger partial charge in [0.1, 0.15) is 5.60 Å². The van der Waals surface area contributed by atoms with Crippen LogP contribution in [0.15, 0.2) is 9.98 Å². The Labute approximate surface area is 128 Å². The highest BCUT2D eigenvalue weighted by molar-refractivity contribution is 6.16. The van der Waals surface area contributed by atoms with Crippen molar-refractivity contribution in [2.45, 2.75) is 39.5 Å². The predicted molar refractivity (Wildman–Crippen MR) is 79.8 cm³/mol. The first kappa shape index (κ1) is 16.4. The molecule has 0 aliphatic carbocycles. The maximum Gasteiger partial charge on any atom is 0.410 e. The summed E-state index contributed by atoms with van der Waals surface area (Å²) >= 11 is 0. The molecule has 0 aromatic heterocycles. The fourth-order valence-corrected chi connectivity index (χ4v) is 2.13. The number of ether oxygens (including phenoxy) is 1. The van der Waals surface area contributed by atoms with Crippen molar-refractivity contribution in [1.29, 1.82) is 0 Å². The van der Waals surface area contributed by atoms with E-state index in [0.29, 0.717) is 26.2 Å². The fourth-order valence-electron chi connectivity index (χ4n) is 2.13. The first-order valence-corrected chi connectivity index (χ1v) is 7.22. The summed E-state index contributed by atoms with van der Waals surface area (Å²) in [5, 5.41) is 0. The predicted octanol–water partition coefficient (Wildman–Crippen LogP) is 1.23. The highest BCUT2D eigenvalue weighted by Gasteiger charge is 2.31. The molecular formula is C14H21FN4O3. The number of hydrogen-bond acceptors (Lipinski definition) is 5. The highest BCUT2D eigenvalue weighted by Crippen LogP contribution is 2.14. The van der Waals surface area contributed by atoms with Crippen LogP contribution < -0.4 is 0 Å². The zero-order chi connectivity index (χ0) is 16.5. The topological polar surface area (TPSA) is 74.6 Å². The number of guanidine groups is 1. The third-order valence-corrected chi connectivity index (χ3v) is 3.28. The van der Waals surface area contributed by atoms with Gasteiger partial charge < -0.3 is 14.5 Å². The van der Waals surface area contributed by atoms with Crippen molar-refractivity contribution in [2.75, 3.05) is 26.2 Å². The van der Waals surface area contributed by atoms with Crippen molar-refractivity contribution in [2.24, 2.45) is 9.98 Å². The number of alkyl halides is 1. The number of hydrogen-bond donors (Lipinski definition) is 0. The molecule has 2 rings (SSSR count). The van der Waals surface area contributed by atoms with Crippen LogP contribution in [0.2, 0.25) is 0 Å². The van der Waals surface area contributed by atoms with Gasteiger partial charge in [-0.1, -0.05) is 0 Å². The summed E-state index contributed by atoms with van der Waals surface area (Å²) < 4.78 is 18.7. The zero-order valence-corrected chi connectivity index (χ0v) is 13.3. The molecule has 1 fully saturated rings. The van der Waals surface area contributed by atoms with E-state index in [4.69, 9.17) is 4.74 Å². The average Bonchev–Trinajstić information content (AvgIpc) is 2.42. The van der Waals surface area contributed by atoms with Gasteiger partial charge in [-0.25, -0.2) is 14.2 Å². The lowest BCUT2D eigenvalue weighted by molar-refractivity contribution is -0.120. The summed E-state index contributed by atoms with van der Waals surface area (Å²) in [4.78, 5) is 34.5. The van der Waals surface area contributed by atoms with E-state index in [2.05, 4.69) is 9.98 Å². The molecule has 7 nitrogen and oxygen atoms in total. The molecule has 2 heterocycles. The van der Waals surface area contributed by atoms with Gasteiger partial charge in [-0.15, -0.1) is 0 Å². The van der Waals surface area contributed by atoms with E-state index >= 15 is 0 Å². The molecule has 0 N–H and O–H groups in total. The van der Waals surface area contributed by atoms with Crippen molar-refractivity contribution in [3.8, 4) is 0 Å². The van der Waals surface area contributed by atoms with Gasteiger partial charge in [0.05, 0.1) is 5.71 Å². The lowest BCUT2D eigenvalue weighted by atomic mass is 10.2. The quantitative estimate of drug-likeness (QED) is 0.674. The third-order valence-electron chi connectivity index (χ3n) is 3.28. The average molecular weight is 312 g/mol. The van der Waals surface area contributed by atoms with Crippen LogP contribution >= 0.6 is 0 Å². The molecule has 122 valence electrons. The molecule has 0 bridgehead atoms. The Morgan fingerprint density at radius 3 is 2.32 bits per heavy atom. The first-order valence-electron chi connectivity index (χ1n) is 7.22.